The normalized spacial score (nSPS) is 18.7. The standard InChI is InChI=1S/C20H42OSi/c1-4-6-8-9-10-11-12-13-17-20(16-7-5-2)21-22(3)18-14-15-19-22/h20H,4-19H2,1-3H3. The monoisotopic (exact) mass is 326 g/mol. The van der Waals surface area contributed by atoms with Crippen molar-refractivity contribution in [2.45, 2.75) is 128 Å². The van der Waals surface area contributed by atoms with E-state index in [9.17, 15) is 0 Å². The molecule has 0 spiro atoms. The Labute approximate surface area is 141 Å². The minimum absolute atomic E-state index is 0.592. The molecule has 1 nitrogen and oxygen atoms in total. The van der Waals surface area contributed by atoms with Crippen LogP contribution in [0.3, 0.4) is 0 Å². The molecule has 1 atom stereocenters. The summed E-state index contributed by atoms with van der Waals surface area (Å²) in [5, 5.41) is 0. The Bertz CT molecular complexity index is 248. The highest BCUT2D eigenvalue weighted by atomic mass is 28.4. The van der Waals surface area contributed by atoms with Gasteiger partial charge in [0.05, 0.1) is 0 Å². The lowest BCUT2D eigenvalue weighted by Gasteiger charge is -2.29. The first-order chi connectivity index (χ1) is 10.7. The summed E-state index contributed by atoms with van der Waals surface area (Å²) in [5.41, 5.74) is 0. The van der Waals surface area contributed by atoms with Gasteiger partial charge in [-0.3, -0.25) is 0 Å². The van der Waals surface area contributed by atoms with E-state index in [1.807, 2.05) is 0 Å². The average Bonchev–Trinajstić information content (AvgIpc) is 2.93. The minimum atomic E-state index is -1.29. The fraction of sp³-hybridized carbons (Fsp3) is 1.00. The van der Waals surface area contributed by atoms with E-state index < -0.39 is 8.32 Å². The first-order valence-corrected chi connectivity index (χ1v) is 13.2. The van der Waals surface area contributed by atoms with E-state index in [4.69, 9.17) is 4.43 Å². The molecule has 1 aliphatic rings. The molecule has 2 heteroatoms. The maximum atomic E-state index is 6.70. The molecule has 132 valence electrons. The second kappa shape index (κ2) is 12.6. The van der Waals surface area contributed by atoms with Gasteiger partial charge in [0, 0.05) is 6.10 Å². The third-order valence-corrected chi connectivity index (χ3v) is 9.10. The molecule has 1 aliphatic heterocycles. The first kappa shape index (κ1) is 20.2. The predicted molar refractivity (Wildman–Crippen MR) is 102 cm³/mol. The van der Waals surface area contributed by atoms with Gasteiger partial charge in [0.15, 0.2) is 8.32 Å². The molecule has 0 saturated carbocycles. The summed E-state index contributed by atoms with van der Waals surface area (Å²) in [7, 11) is -1.29. The zero-order valence-electron chi connectivity index (χ0n) is 15.8. The van der Waals surface area contributed by atoms with E-state index in [0.717, 1.165) is 0 Å². The molecule has 0 aromatic heterocycles. The second-order valence-electron chi connectivity index (χ2n) is 7.80. The maximum absolute atomic E-state index is 6.70. The van der Waals surface area contributed by atoms with Gasteiger partial charge in [0.1, 0.15) is 0 Å². The van der Waals surface area contributed by atoms with E-state index >= 15 is 0 Å². The molecule has 1 unspecified atom stereocenters. The maximum Gasteiger partial charge on any atom is 0.190 e. The summed E-state index contributed by atoms with van der Waals surface area (Å²) in [6.45, 7) is 7.10. The molecular weight excluding hydrogens is 284 g/mol. The highest BCUT2D eigenvalue weighted by molar-refractivity contribution is 6.73. The molecule has 1 fully saturated rings. The fourth-order valence-electron chi connectivity index (χ4n) is 3.84. The third-order valence-electron chi connectivity index (χ3n) is 5.37. The number of rotatable bonds is 14. The molecule has 1 rings (SSSR count). The molecule has 1 saturated heterocycles. The SMILES string of the molecule is CCCCCCCCCCC(CCCC)O[Si]1(C)CCCC1. The zero-order valence-corrected chi connectivity index (χ0v) is 16.8. The van der Waals surface area contributed by atoms with Crippen LogP contribution in [-0.2, 0) is 4.43 Å². The highest BCUT2D eigenvalue weighted by Gasteiger charge is 2.35. The molecule has 0 aromatic carbocycles. The van der Waals surface area contributed by atoms with Crippen LogP contribution < -0.4 is 0 Å². The fourth-order valence-corrected chi connectivity index (χ4v) is 7.36. The molecule has 0 bridgehead atoms. The Morgan fingerprint density at radius 2 is 1.23 bits per heavy atom. The van der Waals surface area contributed by atoms with E-state index in [1.54, 1.807) is 0 Å². The summed E-state index contributed by atoms with van der Waals surface area (Å²) >= 11 is 0. The van der Waals surface area contributed by atoms with Gasteiger partial charge in [-0.25, -0.2) is 0 Å². The van der Waals surface area contributed by atoms with Crippen molar-refractivity contribution < 1.29 is 4.43 Å². The minimum Gasteiger partial charge on any atom is -0.414 e. The van der Waals surface area contributed by atoms with Crippen molar-refractivity contribution in [1.29, 1.82) is 0 Å². The van der Waals surface area contributed by atoms with E-state index in [0.29, 0.717) is 6.10 Å². The van der Waals surface area contributed by atoms with Crippen LogP contribution in [0.5, 0.6) is 0 Å². The third kappa shape index (κ3) is 9.35. The van der Waals surface area contributed by atoms with Crippen molar-refractivity contribution in [3.63, 3.8) is 0 Å². The van der Waals surface area contributed by atoms with Crippen LogP contribution in [0.15, 0.2) is 0 Å². The van der Waals surface area contributed by atoms with Crippen molar-refractivity contribution in [3.8, 4) is 0 Å². The Kier molecular flexibility index (Phi) is 11.6. The quantitative estimate of drug-likeness (QED) is 0.238. The van der Waals surface area contributed by atoms with Crippen molar-refractivity contribution >= 4 is 8.32 Å². The molecular formula is C20H42OSi. The molecule has 22 heavy (non-hydrogen) atoms. The molecule has 0 amide bonds. The molecule has 0 aromatic rings. The largest absolute Gasteiger partial charge is 0.414 e. The van der Waals surface area contributed by atoms with Gasteiger partial charge in [0.2, 0.25) is 0 Å². The van der Waals surface area contributed by atoms with Crippen molar-refractivity contribution in [3.05, 3.63) is 0 Å². The lowest BCUT2D eigenvalue weighted by atomic mass is 10.0. The highest BCUT2D eigenvalue weighted by Crippen LogP contribution is 2.33. The Morgan fingerprint density at radius 1 is 0.727 bits per heavy atom. The molecule has 0 aliphatic carbocycles. The predicted octanol–water partition coefficient (Wildman–Crippen LogP) is 7.46. The average molecular weight is 327 g/mol. The van der Waals surface area contributed by atoms with Crippen LogP contribution in [0.1, 0.15) is 104 Å². The van der Waals surface area contributed by atoms with Crippen molar-refractivity contribution in [1.82, 2.24) is 0 Å². The summed E-state index contributed by atoms with van der Waals surface area (Å²) in [5.74, 6) is 0. The van der Waals surface area contributed by atoms with Crippen LogP contribution >= 0.6 is 0 Å². The lowest BCUT2D eigenvalue weighted by Crippen LogP contribution is -2.35. The van der Waals surface area contributed by atoms with Gasteiger partial charge in [-0.15, -0.1) is 0 Å². The Balaban J connectivity index is 2.12. The van der Waals surface area contributed by atoms with Crippen LogP contribution in [0.4, 0.5) is 0 Å². The van der Waals surface area contributed by atoms with Crippen LogP contribution in [0.2, 0.25) is 18.6 Å². The number of hydrogen-bond donors (Lipinski definition) is 0. The summed E-state index contributed by atoms with van der Waals surface area (Å²) in [6.07, 6.45) is 20.2. The molecule has 0 N–H and O–H groups in total. The summed E-state index contributed by atoms with van der Waals surface area (Å²) in [6, 6.07) is 2.85. The lowest BCUT2D eigenvalue weighted by molar-refractivity contribution is 0.163. The molecule has 0 radical (unpaired) electrons. The Morgan fingerprint density at radius 3 is 1.82 bits per heavy atom. The van der Waals surface area contributed by atoms with Gasteiger partial charge < -0.3 is 4.43 Å². The number of hydrogen-bond acceptors (Lipinski definition) is 1. The summed E-state index contributed by atoms with van der Waals surface area (Å²) < 4.78 is 6.70. The molecule has 1 heterocycles. The first-order valence-electron chi connectivity index (χ1n) is 10.4. The van der Waals surface area contributed by atoms with Crippen molar-refractivity contribution in [2.24, 2.45) is 0 Å². The number of unbranched alkanes of at least 4 members (excludes halogenated alkanes) is 8. The summed E-state index contributed by atoms with van der Waals surface area (Å²) in [4.78, 5) is 0. The van der Waals surface area contributed by atoms with E-state index in [1.165, 1.54) is 102 Å². The van der Waals surface area contributed by atoms with Crippen LogP contribution in [-0.4, -0.2) is 14.4 Å². The Hall–Kier alpha value is 0.177. The van der Waals surface area contributed by atoms with Gasteiger partial charge in [-0.2, -0.15) is 0 Å². The van der Waals surface area contributed by atoms with Gasteiger partial charge in [-0.1, -0.05) is 90.9 Å². The van der Waals surface area contributed by atoms with Gasteiger partial charge in [0.25, 0.3) is 0 Å². The topological polar surface area (TPSA) is 9.23 Å². The van der Waals surface area contributed by atoms with Crippen molar-refractivity contribution in [2.75, 3.05) is 0 Å². The van der Waals surface area contributed by atoms with Gasteiger partial charge >= 0.3 is 0 Å². The smallest absolute Gasteiger partial charge is 0.190 e. The van der Waals surface area contributed by atoms with E-state index in [-0.39, 0.29) is 0 Å². The van der Waals surface area contributed by atoms with Crippen LogP contribution in [0, 0.1) is 0 Å². The van der Waals surface area contributed by atoms with Gasteiger partial charge in [-0.05, 0) is 31.5 Å². The zero-order chi connectivity index (χ0) is 16.1. The second-order valence-corrected chi connectivity index (χ2v) is 11.9. The van der Waals surface area contributed by atoms with Crippen LogP contribution in [0.25, 0.3) is 0 Å². The van der Waals surface area contributed by atoms with E-state index in [2.05, 4.69) is 20.4 Å².